The molecule has 1 aromatic heterocycles. The molecule has 0 N–H and O–H groups in total. The summed E-state index contributed by atoms with van der Waals surface area (Å²) in [4.78, 5) is 8.03. The first kappa shape index (κ1) is 8.52. The van der Waals surface area contributed by atoms with E-state index in [1.807, 2.05) is 18.2 Å². The maximum Gasteiger partial charge on any atom is 0.195 e. The Morgan fingerprint density at radius 3 is 2.67 bits per heavy atom. The maximum absolute atomic E-state index is 4.08. The summed E-state index contributed by atoms with van der Waals surface area (Å²) in [6.07, 6.45) is 1.70. The van der Waals surface area contributed by atoms with Crippen LogP contribution in [0.15, 0.2) is 39.6 Å². The molecule has 0 saturated carbocycles. The van der Waals surface area contributed by atoms with Crippen LogP contribution in [0.5, 0.6) is 0 Å². The van der Waals surface area contributed by atoms with Crippen LogP contribution in [-0.2, 0) is 0 Å². The molecule has 4 heteroatoms. The summed E-state index contributed by atoms with van der Waals surface area (Å²) >= 11 is 0. The summed E-state index contributed by atoms with van der Waals surface area (Å²) in [7, 11) is 3.27. The highest BCUT2D eigenvalue weighted by Gasteiger charge is 1.99. The summed E-state index contributed by atoms with van der Waals surface area (Å²) in [5, 5.41) is 7.46. The van der Waals surface area contributed by atoms with E-state index < -0.39 is 0 Å². The van der Waals surface area contributed by atoms with E-state index in [1.54, 1.807) is 20.3 Å². The third-order valence-corrected chi connectivity index (χ3v) is 1.30. The van der Waals surface area contributed by atoms with Crippen molar-refractivity contribution >= 4 is 5.84 Å². The number of hydrogen-bond acceptors (Lipinski definition) is 3. The molecule has 0 amide bonds. The minimum Gasteiger partial charge on any atom is -0.267 e. The van der Waals surface area contributed by atoms with Gasteiger partial charge in [-0.3, -0.25) is 9.98 Å². The van der Waals surface area contributed by atoms with Crippen molar-refractivity contribution in [2.75, 3.05) is 14.1 Å². The van der Waals surface area contributed by atoms with Gasteiger partial charge >= 0.3 is 0 Å². The minimum absolute atomic E-state index is 0.554. The Morgan fingerprint density at radius 1 is 1.33 bits per heavy atom. The Hall–Kier alpha value is -1.58. The predicted octanol–water partition coefficient (Wildman–Crippen LogP) is 1.54. The maximum atomic E-state index is 4.08. The van der Waals surface area contributed by atoms with Gasteiger partial charge in [0, 0.05) is 20.3 Å². The van der Waals surface area contributed by atoms with Crippen LogP contribution in [0.25, 0.3) is 0 Å². The number of amidine groups is 1. The lowest BCUT2D eigenvalue weighted by molar-refractivity contribution is 1.16. The standard InChI is InChI=1S/C8H10N4/c1-9-8(12-10-2)7-5-3-4-6-11-7/h3-6H,1-2H3. The zero-order chi connectivity index (χ0) is 8.81. The van der Waals surface area contributed by atoms with Crippen LogP contribution in [0.2, 0.25) is 0 Å². The van der Waals surface area contributed by atoms with Crippen LogP contribution in [0.4, 0.5) is 0 Å². The second kappa shape index (κ2) is 4.33. The molecule has 4 nitrogen and oxygen atoms in total. The molecule has 0 radical (unpaired) electrons. The van der Waals surface area contributed by atoms with Crippen molar-refractivity contribution < 1.29 is 0 Å². The highest BCUT2D eigenvalue weighted by molar-refractivity contribution is 5.97. The molecule has 0 saturated heterocycles. The van der Waals surface area contributed by atoms with E-state index >= 15 is 0 Å². The average Bonchev–Trinajstić information content (AvgIpc) is 2.15. The SMILES string of the molecule is CN=NC(=NC)c1ccccn1. The second-order valence-electron chi connectivity index (χ2n) is 2.06. The number of pyridine rings is 1. The lowest BCUT2D eigenvalue weighted by Gasteiger charge is -1.95. The summed E-state index contributed by atoms with van der Waals surface area (Å²) < 4.78 is 0. The average molecular weight is 162 g/mol. The van der Waals surface area contributed by atoms with Gasteiger partial charge in [-0.15, -0.1) is 5.11 Å². The molecule has 62 valence electrons. The van der Waals surface area contributed by atoms with Crippen molar-refractivity contribution in [3.63, 3.8) is 0 Å². The first-order valence-corrected chi connectivity index (χ1v) is 3.56. The lowest BCUT2D eigenvalue weighted by atomic mass is 10.3. The van der Waals surface area contributed by atoms with Crippen LogP contribution in [0, 0.1) is 0 Å². The third-order valence-electron chi connectivity index (χ3n) is 1.30. The van der Waals surface area contributed by atoms with E-state index in [9.17, 15) is 0 Å². The molecule has 1 heterocycles. The summed E-state index contributed by atoms with van der Waals surface area (Å²) in [6, 6.07) is 5.58. The topological polar surface area (TPSA) is 50.0 Å². The lowest BCUT2D eigenvalue weighted by Crippen LogP contribution is -1.98. The molecule has 0 fully saturated rings. The van der Waals surface area contributed by atoms with Gasteiger partial charge in [-0.1, -0.05) is 6.07 Å². The van der Waals surface area contributed by atoms with Gasteiger partial charge in [-0.25, -0.2) is 0 Å². The molecule has 0 aromatic carbocycles. The van der Waals surface area contributed by atoms with E-state index in [4.69, 9.17) is 0 Å². The molecule has 1 aromatic rings. The smallest absolute Gasteiger partial charge is 0.195 e. The van der Waals surface area contributed by atoms with Crippen LogP contribution < -0.4 is 0 Å². The van der Waals surface area contributed by atoms with Gasteiger partial charge in [0.1, 0.15) is 5.69 Å². The number of aromatic nitrogens is 1. The molecule has 0 aliphatic heterocycles. The zero-order valence-electron chi connectivity index (χ0n) is 7.10. The number of hydrogen-bond donors (Lipinski definition) is 0. The Bertz CT molecular complexity index is 289. The Morgan fingerprint density at radius 2 is 2.17 bits per heavy atom. The van der Waals surface area contributed by atoms with Crippen LogP contribution in [-0.4, -0.2) is 24.9 Å². The number of azo groups is 1. The molecule has 0 bridgehead atoms. The van der Waals surface area contributed by atoms with Crippen LogP contribution >= 0.6 is 0 Å². The molecule has 0 aliphatic carbocycles. The summed E-state index contributed by atoms with van der Waals surface area (Å²) in [5.41, 5.74) is 0.741. The molecule has 0 spiro atoms. The fourth-order valence-corrected chi connectivity index (χ4v) is 0.800. The second-order valence-corrected chi connectivity index (χ2v) is 2.06. The zero-order valence-corrected chi connectivity index (χ0v) is 7.10. The molecule has 0 unspecified atom stereocenters. The van der Waals surface area contributed by atoms with Crippen molar-refractivity contribution in [1.29, 1.82) is 0 Å². The van der Waals surface area contributed by atoms with Crippen molar-refractivity contribution in [2.45, 2.75) is 0 Å². The monoisotopic (exact) mass is 162 g/mol. The first-order chi connectivity index (χ1) is 5.88. The molecule has 0 atom stereocenters. The highest BCUT2D eigenvalue weighted by atomic mass is 15.1. The van der Waals surface area contributed by atoms with Gasteiger partial charge in [-0.2, -0.15) is 5.11 Å². The van der Waals surface area contributed by atoms with Gasteiger partial charge in [0.2, 0.25) is 0 Å². The van der Waals surface area contributed by atoms with Gasteiger partial charge < -0.3 is 0 Å². The predicted molar refractivity (Wildman–Crippen MR) is 47.5 cm³/mol. The minimum atomic E-state index is 0.554. The van der Waals surface area contributed by atoms with Crippen molar-refractivity contribution in [2.24, 2.45) is 15.2 Å². The Kier molecular flexibility index (Phi) is 3.07. The van der Waals surface area contributed by atoms with E-state index in [0.29, 0.717) is 5.84 Å². The normalized spacial score (nSPS) is 12.3. The molecular formula is C8H10N4. The fraction of sp³-hybridized carbons (Fsp3) is 0.250. The number of nitrogens with zero attached hydrogens (tertiary/aromatic N) is 4. The fourth-order valence-electron chi connectivity index (χ4n) is 0.800. The first-order valence-electron chi connectivity index (χ1n) is 3.56. The third kappa shape index (κ3) is 1.95. The summed E-state index contributed by atoms with van der Waals surface area (Å²) in [6.45, 7) is 0. The summed E-state index contributed by atoms with van der Waals surface area (Å²) in [5.74, 6) is 0.554. The van der Waals surface area contributed by atoms with Crippen molar-refractivity contribution in [3.8, 4) is 0 Å². The molecule has 0 aliphatic rings. The Balaban J connectivity index is 2.97. The van der Waals surface area contributed by atoms with Crippen LogP contribution in [0.1, 0.15) is 5.69 Å². The number of aliphatic imine (C=N–C) groups is 1. The molecule has 1 rings (SSSR count). The van der Waals surface area contributed by atoms with E-state index in [0.717, 1.165) is 5.69 Å². The largest absolute Gasteiger partial charge is 0.267 e. The van der Waals surface area contributed by atoms with Gasteiger partial charge in [0.05, 0.1) is 0 Å². The van der Waals surface area contributed by atoms with E-state index in [2.05, 4.69) is 20.2 Å². The molecule has 12 heavy (non-hydrogen) atoms. The van der Waals surface area contributed by atoms with Gasteiger partial charge in [0.25, 0.3) is 0 Å². The quantitative estimate of drug-likeness (QED) is 0.351. The van der Waals surface area contributed by atoms with Gasteiger partial charge in [-0.05, 0) is 12.1 Å². The Labute approximate surface area is 71.1 Å². The van der Waals surface area contributed by atoms with Crippen molar-refractivity contribution in [3.05, 3.63) is 30.1 Å². The highest BCUT2D eigenvalue weighted by Crippen LogP contribution is 1.97. The van der Waals surface area contributed by atoms with Gasteiger partial charge in [0.15, 0.2) is 5.84 Å². The molecular weight excluding hydrogens is 152 g/mol. The van der Waals surface area contributed by atoms with Crippen LogP contribution in [0.3, 0.4) is 0 Å². The van der Waals surface area contributed by atoms with E-state index in [1.165, 1.54) is 0 Å². The van der Waals surface area contributed by atoms with E-state index in [-0.39, 0.29) is 0 Å². The number of rotatable bonds is 1. The van der Waals surface area contributed by atoms with Crippen molar-refractivity contribution in [1.82, 2.24) is 4.98 Å².